The van der Waals surface area contributed by atoms with E-state index in [0.717, 1.165) is 18.6 Å². The molecule has 0 fully saturated rings. The van der Waals surface area contributed by atoms with E-state index in [1.165, 1.54) is 29.5 Å². The first-order valence-corrected chi connectivity index (χ1v) is 9.23. The molecule has 28 heavy (non-hydrogen) atoms. The van der Waals surface area contributed by atoms with Crippen LogP contribution in [0.2, 0.25) is 0 Å². The average molecular weight is 389 g/mol. The minimum absolute atomic E-state index is 0.136. The van der Waals surface area contributed by atoms with Crippen LogP contribution in [0.15, 0.2) is 64.7 Å². The summed E-state index contributed by atoms with van der Waals surface area (Å²) < 4.78 is 0. The number of hydrogen-bond donors (Lipinski definition) is 1. The van der Waals surface area contributed by atoms with Gasteiger partial charge in [-0.3, -0.25) is 10.1 Å². The molecule has 0 heterocycles. The van der Waals surface area contributed by atoms with Gasteiger partial charge in [0.2, 0.25) is 0 Å². The van der Waals surface area contributed by atoms with E-state index in [-0.39, 0.29) is 22.6 Å². The predicted octanol–water partition coefficient (Wildman–Crippen LogP) is 4.56. The van der Waals surface area contributed by atoms with Gasteiger partial charge in [-0.15, -0.1) is 11.8 Å². The molecule has 2 rings (SSSR count). The van der Waals surface area contributed by atoms with E-state index in [1.807, 2.05) is 18.2 Å². The fraction of sp³-hybridized carbons (Fsp3) is 0.150. The van der Waals surface area contributed by atoms with Gasteiger partial charge >= 0.3 is 0 Å². The van der Waals surface area contributed by atoms with E-state index in [2.05, 4.69) is 17.4 Å². The monoisotopic (exact) mass is 389 g/mol. The molecule has 0 aliphatic heterocycles. The van der Waals surface area contributed by atoms with E-state index in [4.69, 9.17) is 15.8 Å². The lowest BCUT2D eigenvalue weighted by Gasteiger charge is -2.08. The number of anilines is 1. The van der Waals surface area contributed by atoms with Crippen molar-refractivity contribution in [1.82, 2.24) is 0 Å². The van der Waals surface area contributed by atoms with Crippen LogP contribution in [0.3, 0.4) is 0 Å². The smallest absolute Gasteiger partial charge is 0.272 e. The van der Waals surface area contributed by atoms with Crippen LogP contribution < -0.4 is 5.32 Å². The van der Waals surface area contributed by atoms with Crippen LogP contribution in [0, 0.1) is 44.1 Å². The van der Waals surface area contributed by atoms with Gasteiger partial charge < -0.3 is 5.32 Å². The molecule has 0 unspecified atom stereocenters. The molecule has 138 valence electrons. The van der Waals surface area contributed by atoms with Crippen LogP contribution in [-0.2, 0) is 6.42 Å². The highest BCUT2D eigenvalue weighted by atomic mass is 32.2. The molecule has 2 aromatic rings. The molecule has 0 saturated heterocycles. The highest BCUT2D eigenvalue weighted by molar-refractivity contribution is 7.99. The summed E-state index contributed by atoms with van der Waals surface area (Å²) in [5, 5.41) is 40.8. The van der Waals surface area contributed by atoms with Crippen LogP contribution in [0.1, 0.15) is 12.0 Å². The number of nitro groups is 1. The standard InChI is InChI=1S/C20H15N5O2S/c21-12-16(13-22)20(14-23)24-17-9-18(25(26)27)11-19(10-17)28-8-4-7-15-5-2-1-3-6-15/h1-3,5-6,9-11,24H,4,7-8H2. The van der Waals surface area contributed by atoms with Crippen molar-refractivity contribution in [3.05, 3.63) is 75.5 Å². The molecule has 0 aliphatic carbocycles. The third-order valence-corrected chi connectivity index (χ3v) is 4.74. The van der Waals surface area contributed by atoms with E-state index in [9.17, 15) is 10.1 Å². The topological polar surface area (TPSA) is 127 Å². The van der Waals surface area contributed by atoms with Crippen molar-refractivity contribution in [1.29, 1.82) is 15.8 Å². The summed E-state index contributed by atoms with van der Waals surface area (Å²) in [6, 6.07) is 19.4. The number of nitriles is 3. The maximum Gasteiger partial charge on any atom is 0.272 e. The number of rotatable bonds is 8. The molecular formula is C20H15N5O2S. The number of aryl methyl sites for hydroxylation is 1. The molecule has 0 aliphatic rings. The van der Waals surface area contributed by atoms with Crippen molar-refractivity contribution in [2.24, 2.45) is 0 Å². The highest BCUT2D eigenvalue weighted by Crippen LogP contribution is 2.29. The molecule has 2 aromatic carbocycles. The van der Waals surface area contributed by atoms with Crippen molar-refractivity contribution in [3.63, 3.8) is 0 Å². The van der Waals surface area contributed by atoms with Gasteiger partial charge in [0.15, 0.2) is 5.57 Å². The van der Waals surface area contributed by atoms with Crippen LogP contribution in [-0.4, -0.2) is 10.7 Å². The van der Waals surface area contributed by atoms with Gasteiger partial charge in [0.1, 0.15) is 23.9 Å². The summed E-state index contributed by atoms with van der Waals surface area (Å²) in [7, 11) is 0. The number of nitrogens with zero attached hydrogens (tertiary/aromatic N) is 4. The molecule has 0 aromatic heterocycles. The van der Waals surface area contributed by atoms with Crippen molar-refractivity contribution in [2.45, 2.75) is 17.7 Å². The second-order valence-corrected chi connectivity index (χ2v) is 6.79. The number of nitro benzene ring substituents is 1. The second kappa shape index (κ2) is 10.4. The summed E-state index contributed by atoms with van der Waals surface area (Å²) in [4.78, 5) is 11.3. The summed E-state index contributed by atoms with van der Waals surface area (Å²) >= 11 is 1.47. The Morgan fingerprint density at radius 1 is 1.07 bits per heavy atom. The van der Waals surface area contributed by atoms with E-state index >= 15 is 0 Å². The zero-order valence-corrected chi connectivity index (χ0v) is 15.6. The maximum absolute atomic E-state index is 11.2. The van der Waals surface area contributed by atoms with E-state index < -0.39 is 4.92 Å². The lowest BCUT2D eigenvalue weighted by Crippen LogP contribution is -2.01. The first kappa shape index (κ1) is 20.5. The summed E-state index contributed by atoms with van der Waals surface area (Å²) in [6.45, 7) is 0. The number of nitrogens with one attached hydrogen (secondary N) is 1. The van der Waals surface area contributed by atoms with Gasteiger partial charge in [-0.05, 0) is 30.2 Å². The van der Waals surface area contributed by atoms with Crippen LogP contribution in [0.4, 0.5) is 11.4 Å². The fourth-order valence-corrected chi connectivity index (χ4v) is 3.32. The molecule has 0 atom stereocenters. The van der Waals surface area contributed by atoms with Crippen molar-refractivity contribution >= 4 is 23.1 Å². The Morgan fingerprint density at radius 2 is 1.79 bits per heavy atom. The lowest BCUT2D eigenvalue weighted by molar-refractivity contribution is -0.385. The number of allylic oxidation sites excluding steroid dienone is 2. The molecule has 8 heteroatoms. The van der Waals surface area contributed by atoms with Crippen molar-refractivity contribution in [3.8, 4) is 18.2 Å². The Balaban J connectivity index is 2.13. The van der Waals surface area contributed by atoms with Crippen molar-refractivity contribution < 1.29 is 4.92 Å². The third kappa shape index (κ3) is 5.88. The molecule has 0 amide bonds. The Kier molecular flexibility index (Phi) is 7.60. The number of thioether (sulfide) groups is 1. The summed E-state index contributed by atoms with van der Waals surface area (Å²) in [5.41, 5.74) is 0.744. The van der Waals surface area contributed by atoms with Crippen LogP contribution in [0.5, 0.6) is 0 Å². The minimum Gasteiger partial charge on any atom is -0.345 e. The van der Waals surface area contributed by atoms with Crippen LogP contribution in [0.25, 0.3) is 0 Å². The van der Waals surface area contributed by atoms with Gasteiger partial charge in [0.25, 0.3) is 5.69 Å². The molecular weight excluding hydrogens is 374 g/mol. The second-order valence-electron chi connectivity index (χ2n) is 5.62. The quantitative estimate of drug-likeness (QED) is 0.230. The predicted molar refractivity (Wildman–Crippen MR) is 106 cm³/mol. The normalized spacial score (nSPS) is 9.46. The molecule has 1 N–H and O–H groups in total. The van der Waals surface area contributed by atoms with Crippen LogP contribution >= 0.6 is 11.8 Å². The zero-order chi connectivity index (χ0) is 20.4. The summed E-state index contributed by atoms with van der Waals surface area (Å²) in [6.07, 6.45) is 1.80. The molecule has 0 spiro atoms. The van der Waals surface area contributed by atoms with Gasteiger partial charge in [-0.25, -0.2) is 0 Å². The largest absolute Gasteiger partial charge is 0.345 e. The first-order valence-electron chi connectivity index (χ1n) is 8.25. The van der Waals surface area contributed by atoms with Gasteiger partial charge in [0.05, 0.1) is 4.92 Å². The molecule has 0 radical (unpaired) electrons. The Hall–Kier alpha value is -3.80. The number of non-ortho nitro benzene ring substituents is 1. The fourth-order valence-electron chi connectivity index (χ4n) is 2.38. The number of benzene rings is 2. The van der Waals surface area contributed by atoms with E-state index in [1.54, 1.807) is 24.3 Å². The minimum atomic E-state index is -0.523. The first-order chi connectivity index (χ1) is 13.6. The Morgan fingerprint density at radius 3 is 2.39 bits per heavy atom. The lowest BCUT2D eigenvalue weighted by atomic mass is 10.1. The highest BCUT2D eigenvalue weighted by Gasteiger charge is 2.13. The van der Waals surface area contributed by atoms with Crippen molar-refractivity contribution in [2.75, 3.05) is 11.1 Å². The Labute approximate surface area is 166 Å². The molecule has 7 nitrogen and oxygen atoms in total. The SMILES string of the molecule is N#CC(C#N)=C(C#N)Nc1cc(SCCCc2ccccc2)cc([N+](=O)[O-])c1. The third-order valence-electron chi connectivity index (χ3n) is 3.68. The molecule has 0 bridgehead atoms. The van der Waals surface area contributed by atoms with Gasteiger partial charge in [-0.2, -0.15) is 15.8 Å². The number of hydrogen-bond acceptors (Lipinski definition) is 7. The summed E-state index contributed by atoms with van der Waals surface area (Å²) in [5.74, 6) is 0.762. The maximum atomic E-state index is 11.2. The van der Waals surface area contributed by atoms with Gasteiger partial charge in [-0.1, -0.05) is 30.3 Å². The molecule has 0 saturated carbocycles. The van der Waals surface area contributed by atoms with Gasteiger partial charge in [0, 0.05) is 22.7 Å². The average Bonchev–Trinajstić information content (AvgIpc) is 2.72. The Bertz CT molecular complexity index is 998. The zero-order valence-electron chi connectivity index (χ0n) is 14.8. The van der Waals surface area contributed by atoms with E-state index in [0.29, 0.717) is 4.90 Å².